The molecule has 1 aromatic carbocycles. The number of rotatable bonds is 4. The van der Waals surface area contributed by atoms with Gasteiger partial charge in [-0.2, -0.15) is 0 Å². The van der Waals surface area contributed by atoms with E-state index in [9.17, 15) is 4.79 Å². The Bertz CT molecular complexity index is 622. The second-order valence-corrected chi connectivity index (χ2v) is 9.05. The minimum absolute atomic E-state index is 0.0986. The molecule has 23 heavy (non-hydrogen) atoms. The highest BCUT2D eigenvalue weighted by molar-refractivity contribution is 8.05. The van der Waals surface area contributed by atoms with Gasteiger partial charge in [-0.25, -0.2) is 0 Å². The van der Waals surface area contributed by atoms with Gasteiger partial charge >= 0.3 is 0 Å². The average molecular weight is 353 g/mol. The topological polar surface area (TPSA) is 41.1 Å². The van der Waals surface area contributed by atoms with Gasteiger partial charge < -0.3 is 10.6 Å². The number of halogens is 1. The van der Waals surface area contributed by atoms with Crippen molar-refractivity contribution in [1.29, 1.82) is 0 Å². The molecule has 1 heterocycles. The lowest BCUT2D eigenvalue weighted by Crippen LogP contribution is -2.17. The fourth-order valence-electron chi connectivity index (χ4n) is 2.93. The Kier molecular flexibility index (Phi) is 5.69. The molecule has 0 bridgehead atoms. The normalized spacial score (nSPS) is 19.5. The number of allylic oxidation sites excluding steroid dienone is 1. The maximum atomic E-state index is 12.5. The summed E-state index contributed by atoms with van der Waals surface area (Å²) in [6.45, 7) is 10.8. The van der Waals surface area contributed by atoms with E-state index >= 15 is 0 Å². The van der Waals surface area contributed by atoms with E-state index in [2.05, 4.69) is 44.4 Å². The lowest BCUT2D eigenvalue weighted by atomic mass is 9.82. The summed E-state index contributed by atoms with van der Waals surface area (Å²) in [6.07, 6.45) is 1.06. The lowest BCUT2D eigenvalue weighted by Gasteiger charge is -2.25. The van der Waals surface area contributed by atoms with Crippen LogP contribution in [0.5, 0.6) is 0 Å². The van der Waals surface area contributed by atoms with Gasteiger partial charge in [-0.3, -0.25) is 4.79 Å². The first kappa shape index (κ1) is 18.2. The number of hydrogen-bond donors (Lipinski definition) is 2. The van der Waals surface area contributed by atoms with Crippen LogP contribution in [0.2, 0.25) is 0 Å². The fraction of sp³-hybridized carbons (Fsp3) is 0.500. The van der Waals surface area contributed by atoms with Gasteiger partial charge in [0.15, 0.2) is 4.83 Å². The highest BCUT2D eigenvalue weighted by atomic mass is 35.5. The zero-order valence-corrected chi connectivity index (χ0v) is 15.9. The number of amides is 1. The summed E-state index contributed by atoms with van der Waals surface area (Å²) in [6, 6.07) is 8.04. The van der Waals surface area contributed by atoms with Crippen LogP contribution in [0.25, 0.3) is 0 Å². The molecule has 2 atom stereocenters. The van der Waals surface area contributed by atoms with Gasteiger partial charge in [0, 0.05) is 11.4 Å². The lowest BCUT2D eigenvalue weighted by molar-refractivity contribution is -0.112. The highest BCUT2D eigenvalue weighted by Gasteiger charge is 2.26. The molecule has 1 aliphatic rings. The largest absolute Gasteiger partial charge is 0.363 e. The van der Waals surface area contributed by atoms with E-state index in [1.807, 2.05) is 25.1 Å². The average Bonchev–Trinajstić information content (AvgIpc) is 2.76. The Labute approximate surface area is 148 Å². The first-order chi connectivity index (χ1) is 10.7. The van der Waals surface area contributed by atoms with Gasteiger partial charge in [0.05, 0.1) is 4.91 Å². The Hall–Kier alpha value is -1.13. The van der Waals surface area contributed by atoms with E-state index in [-0.39, 0.29) is 16.2 Å². The van der Waals surface area contributed by atoms with Crippen LogP contribution in [-0.2, 0) is 4.79 Å². The van der Waals surface area contributed by atoms with Gasteiger partial charge in [0.1, 0.15) is 0 Å². The predicted molar refractivity (Wildman–Crippen MR) is 101 cm³/mol. The maximum absolute atomic E-state index is 12.5. The molecule has 3 nitrogen and oxygen atoms in total. The number of anilines is 1. The molecule has 0 spiro atoms. The summed E-state index contributed by atoms with van der Waals surface area (Å²) < 4.78 is 0. The number of carbonyl (C=O) groups is 1. The molecule has 1 aliphatic heterocycles. The first-order valence-electron chi connectivity index (χ1n) is 7.86. The number of hydrogen-bond acceptors (Lipinski definition) is 3. The van der Waals surface area contributed by atoms with Gasteiger partial charge in [-0.15, -0.1) is 0 Å². The minimum atomic E-state index is -0.272. The van der Waals surface area contributed by atoms with Crippen LogP contribution in [0.3, 0.4) is 0 Å². The third-order valence-electron chi connectivity index (χ3n) is 3.76. The van der Waals surface area contributed by atoms with Crippen LogP contribution in [0.15, 0.2) is 34.9 Å². The number of nitrogens with one attached hydrogen (secondary N) is 2. The van der Waals surface area contributed by atoms with E-state index in [0.717, 1.165) is 17.8 Å². The molecule has 0 aromatic heterocycles. The van der Waals surface area contributed by atoms with Crippen LogP contribution in [-0.4, -0.2) is 10.7 Å². The van der Waals surface area contributed by atoms with Gasteiger partial charge in [0.2, 0.25) is 0 Å². The maximum Gasteiger partial charge on any atom is 0.263 e. The van der Waals surface area contributed by atoms with Crippen molar-refractivity contribution in [3.8, 4) is 0 Å². The van der Waals surface area contributed by atoms with Crippen LogP contribution in [0.1, 0.15) is 52.5 Å². The molecule has 126 valence electrons. The van der Waals surface area contributed by atoms with E-state index in [1.54, 1.807) is 0 Å². The molecule has 2 N–H and O–H groups in total. The third kappa shape index (κ3) is 4.92. The summed E-state index contributed by atoms with van der Waals surface area (Å²) in [4.78, 5) is 12.9. The zero-order valence-electron chi connectivity index (χ0n) is 14.4. The number of carbonyl (C=O) groups excluding carboxylic acids is 1. The zero-order chi connectivity index (χ0) is 17.2. The van der Waals surface area contributed by atoms with Crippen molar-refractivity contribution in [2.45, 2.75) is 51.8 Å². The van der Waals surface area contributed by atoms with Crippen molar-refractivity contribution in [3.05, 3.63) is 40.4 Å². The molecule has 2 unspecified atom stereocenters. The quantitative estimate of drug-likeness (QED) is 0.574. The monoisotopic (exact) mass is 352 g/mol. The summed E-state index contributed by atoms with van der Waals surface area (Å²) in [7, 11) is 0. The van der Waals surface area contributed by atoms with Crippen molar-refractivity contribution >= 4 is 35.0 Å². The molecular formula is C18H25ClN2OS. The molecule has 1 aromatic rings. The van der Waals surface area contributed by atoms with Crippen molar-refractivity contribution in [2.24, 2.45) is 5.41 Å². The summed E-state index contributed by atoms with van der Waals surface area (Å²) >= 11 is 7.38. The van der Waals surface area contributed by atoms with E-state index in [4.69, 9.17) is 11.6 Å². The Morgan fingerprint density at radius 3 is 2.61 bits per heavy atom. The van der Waals surface area contributed by atoms with Crippen LogP contribution in [0, 0.1) is 5.41 Å². The van der Waals surface area contributed by atoms with Crippen LogP contribution < -0.4 is 10.6 Å². The molecule has 2 rings (SSSR count). The van der Waals surface area contributed by atoms with Crippen molar-refractivity contribution < 1.29 is 4.79 Å². The van der Waals surface area contributed by atoms with Crippen molar-refractivity contribution in [2.75, 3.05) is 5.32 Å². The summed E-state index contributed by atoms with van der Waals surface area (Å²) in [5.74, 6) is 0.273. The van der Waals surface area contributed by atoms with Crippen molar-refractivity contribution in [3.63, 3.8) is 0 Å². The van der Waals surface area contributed by atoms with Crippen LogP contribution >= 0.6 is 23.4 Å². The van der Waals surface area contributed by atoms with Crippen LogP contribution in [0.4, 0.5) is 5.69 Å². The molecule has 1 amide bonds. The predicted octanol–water partition coefficient (Wildman–Crippen LogP) is 5.26. The Morgan fingerprint density at radius 1 is 1.39 bits per heavy atom. The minimum Gasteiger partial charge on any atom is -0.363 e. The number of alkyl halides is 1. The van der Waals surface area contributed by atoms with Gasteiger partial charge in [-0.1, -0.05) is 69.3 Å². The van der Waals surface area contributed by atoms with E-state index in [1.165, 1.54) is 17.3 Å². The van der Waals surface area contributed by atoms with Gasteiger partial charge in [-0.05, 0) is 36.3 Å². The standard InChI is InChI=1S/C18H25ClN2OS/c1-11(10-18(3,4)5)13-8-6-7-9-14(13)21-16(22)15-12(2)20-17(19)23-15/h6-9,11,17,20H,10H2,1-5H3,(H,21,22). The number of thioether (sulfide) groups is 1. The second kappa shape index (κ2) is 7.18. The molecule has 0 fully saturated rings. The molecule has 0 saturated heterocycles. The van der Waals surface area contributed by atoms with Gasteiger partial charge in [0.25, 0.3) is 5.91 Å². The second-order valence-electron chi connectivity index (χ2n) is 7.24. The molecule has 0 radical (unpaired) electrons. The SMILES string of the molecule is CC1=C(C(=O)Nc2ccccc2C(C)CC(C)(C)C)SC(Cl)N1. The fourth-order valence-corrected chi connectivity index (χ4v) is 4.20. The summed E-state index contributed by atoms with van der Waals surface area (Å²) in [5.41, 5.74) is 3.13. The van der Waals surface area contributed by atoms with E-state index in [0.29, 0.717) is 10.8 Å². The molecule has 0 saturated carbocycles. The molecule has 0 aliphatic carbocycles. The number of benzene rings is 1. The number of para-hydroxylation sites is 1. The summed E-state index contributed by atoms with van der Waals surface area (Å²) in [5, 5.41) is 6.10. The van der Waals surface area contributed by atoms with E-state index < -0.39 is 0 Å². The van der Waals surface area contributed by atoms with Crippen molar-refractivity contribution in [1.82, 2.24) is 5.32 Å². The molecule has 5 heteroatoms. The third-order valence-corrected chi connectivity index (χ3v) is 5.19. The molecular weight excluding hydrogens is 328 g/mol. The smallest absolute Gasteiger partial charge is 0.263 e. The Balaban J connectivity index is 2.18. The highest BCUT2D eigenvalue weighted by Crippen LogP contribution is 2.36. The first-order valence-corrected chi connectivity index (χ1v) is 9.17. The Morgan fingerprint density at radius 2 is 2.04 bits per heavy atom.